The molecule has 136 valence electrons. The zero-order valence-corrected chi connectivity index (χ0v) is 14.4. The molecule has 0 saturated carbocycles. The van der Waals surface area contributed by atoms with Gasteiger partial charge in [0.15, 0.2) is 0 Å². The maximum atomic E-state index is 13.7. The predicted octanol–water partition coefficient (Wildman–Crippen LogP) is 2.21. The molecule has 2 aromatic carbocycles. The van der Waals surface area contributed by atoms with Gasteiger partial charge < -0.3 is 14.5 Å². The van der Waals surface area contributed by atoms with Gasteiger partial charge >= 0.3 is 0 Å². The van der Waals surface area contributed by atoms with Crippen LogP contribution in [0.2, 0.25) is 0 Å². The molecule has 2 amide bonds. The van der Waals surface area contributed by atoms with Crippen molar-refractivity contribution in [3.8, 4) is 0 Å². The number of rotatable bonds is 6. The highest BCUT2D eigenvalue weighted by Gasteiger charge is 2.27. The number of piperazine rings is 1. The Morgan fingerprint density at radius 2 is 1.77 bits per heavy atom. The Bertz CT molecular complexity index is 767. The number of ether oxygens (including phenoxy) is 1. The molecule has 1 fully saturated rings. The van der Waals surface area contributed by atoms with E-state index in [0.717, 1.165) is 5.56 Å². The van der Waals surface area contributed by atoms with Gasteiger partial charge in [-0.1, -0.05) is 48.5 Å². The summed E-state index contributed by atoms with van der Waals surface area (Å²) >= 11 is 0. The molecule has 0 bridgehead atoms. The molecule has 2 aromatic rings. The number of amides is 2. The lowest BCUT2D eigenvalue weighted by atomic mass is 10.2. The summed E-state index contributed by atoms with van der Waals surface area (Å²) < 4.78 is 19.2. The first kappa shape index (κ1) is 18.1. The van der Waals surface area contributed by atoms with Crippen molar-refractivity contribution in [1.29, 1.82) is 0 Å². The quantitative estimate of drug-likeness (QED) is 0.797. The summed E-state index contributed by atoms with van der Waals surface area (Å²) in [4.78, 5) is 27.6. The van der Waals surface area contributed by atoms with E-state index in [9.17, 15) is 14.0 Å². The summed E-state index contributed by atoms with van der Waals surface area (Å²) in [5.41, 5.74) is 1.47. The van der Waals surface area contributed by atoms with E-state index in [1.165, 1.54) is 11.0 Å². The summed E-state index contributed by atoms with van der Waals surface area (Å²) in [6.45, 7) is 1.33. The molecule has 0 radical (unpaired) electrons. The number of carbonyl (C=O) groups is 2. The minimum absolute atomic E-state index is 0.00197. The zero-order valence-electron chi connectivity index (χ0n) is 14.4. The van der Waals surface area contributed by atoms with Crippen LogP contribution >= 0.6 is 0 Å². The highest BCUT2D eigenvalue weighted by atomic mass is 19.1. The smallest absolute Gasteiger partial charge is 0.249 e. The average Bonchev–Trinajstić information content (AvgIpc) is 2.66. The van der Waals surface area contributed by atoms with Gasteiger partial charge in [-0.2, -0.15) is 0 Å². The van der Waals surface area contributed by atoms with Crippen molar-refractivity contribution in [1.82, 2.24) is 9.80 Å². The summed E-state index contributed by atoms with van der Waals surface area (Å²) in [7, 11) is 0. The summed E-state index contributed by atoms with van der Waals surface area (Å²) in [6, 6.07) is 16.0. The van der Waals surface area contributed by atoms with Gasteiger partial charge in [0, 0.05) is 25.2 Å². The lowest BCUT2D eigenvalue weighted by Gasteiger charge is -2.34. The van der Waals surface area contributed by atoms with E-state index in [1.54, 1.807) is 23.1 Å². The van der Waals surface area contributed by atoms with Crippen molar-refractivity contribution in [2.24, 2.45) is 0 Å². The SMILES string of the molecule is O=C(COCc1ccccc1)N1CCN(Cc2ccccc2F)C(=O)C1. The second kappa shape index (κ2) is 8.58. The maximum absolute atomic E-state index is 13.7. The Labute approximate surface area is 152 Å². The first-order chi connectivity index (χ1) is 12.6. The highest BCUT2D eigenvalue weighted by Crippen LogP contribution is 2.13. The molecule has 1 aliphatic heterocycles. The number of nitrogens with zero attached hydrogens (tertiary/aromatic N) is 2. The summed E-state index contributed by atoms with van der Waals surface area (Å²) in [5, 5.41) is 0. The Balaban J connectivity index is 1.46. The lowest BCUT2D eigenvalue weighted by Crippen LogP contribution is -2.52. The molecule has 5 nitrogen and oxygen atoms in total. The van der Waals surface area contributed by atoms with Gasteiger partial charge in [0.05, 0.1) is 13.2 Å². The molecular weight excluding hydrogens is 335 g/mol. The van der Waals surface area contributed by atoms with Crippen LogP contribution in [-0.2, 0) is 27.5 Å². The lowest BCUT2D eigenvalue weighted by molar-refractivity contribution is -0.148. The zero-order chi connectivity index (χ0) is 18.4. The van der Waals surface area contributed by atoms with E-state index in [-0.39, 0.29) is 37.3 Å². The molecule has 0 N–H and O–H groups in total. The van der Waals surface area contributed by atoms with Crippen LogP contribution < -0.4 is 0 Å². The van der Waals surface area contributed by atoms with E-state index < -0.39 is 0 Å². The average molecular weight is 356 g/mol. The molecule has 26 heavy (non-hydrogen) atoms. The van der Waals surface area contributed by atoms with E-state index in [2.05, 4.69) is 0 Å². The van der Waals surface area contributed by atoms with Crippen molar-refractivity contribution in [3.63, 3.8) is 0 Å². The first-order valence-electron chi connectivity index (χ1n) is 8.54. The van der Waals surface area contributed by atoms with Gasteiger partial charge in [-0.3, -0.25) is 9.59 Å². The van der Waals surface area contributed by atoms with Crippen molar-refractivity contribution < 1.29 is 18.7 Å². The van der Waals surface area contributed by atoms with Crippen LogP contribution in [0.5, 0.6) is 0 Å². The maximum Gasteiger partial charge on any atom is 0.249 e. The fraction of sp³-hybridized carbons (Fsp3) is 0.300. The van der Waals surface area contributed by atoms with Gasteiger partial charge in [-0.05, 0) is 11.6 Å². The summed E-state index contributed by atoms with van der Waals surface area (Å²) in [5.74, 6) is -0.719. The molecule has 0 spiro atoms. The standard InChI is InChI=1S/C20H21FN2O3/c21-18-9-5-4-8-17(18)12-22-10-11-23(13-19(22)24)20(25)15-26-14-16-6-2-1-3-7-16/h1-9H,10-15H2. The van der Waals surface area contributed by atoms with Crippen LogP contribution in [0, 0.1) is 5.82 Å². The number of benzene rings is 2. The van der Waals surface area contributed by atoms with Gasteiger partial charge in [0.25, 0.3) is 0 Å². The van der Waals surface area contributed by atoms with Crippen LogP contribution in [0.3, 0.4) is 0 Å². The summed E-state index contributed by atoms with van der Waals surface area (Å²) in [6.07, 6.45) is 0. The molecule has 0 aromatic heterocycles. The van der Waals surface area contributed by atoms with Crippen molar-refractivity contribution in [3.05, 3.63) is 71.5 Å². The van der Waals surface area contributed by atoms with Gasteiger partial charge in [-0.15, -0.1) is 0 Å². The van der Waals surface area contributed by atoms with E-state index in [1.807, 2.05) is 30.3 Å². The Kier molecular flexibility index (Phi) is 5.96. The predicted molar refractivity (Wildman–Crippen MR) is 94.5 cm³/mol. The third-order valence-corrected chi connectivity index (χ3v) is 4.33. The molecule has 6 heteroatoms. The fourth-order valence-electron chi connectivity index (χ4n) is 2.84. The Morgan fingerprint density at radius 1 is 1.04 bits per heavy atom. The minimum atomic E-state index is -0.326. The van der Waals surface area contributed by atoms with Crippen LogP contribution in [0.25, 0.3) is 0 Å². The molecule has 0 unspecified atom stereocenters. The molecule has 0 aliphatic carbocycles. The van der Waals surface area contributed by atoms with Crippen LogP contribution in [0.1, 0.15) is 11.1 Å². The van der Waals surface area contributed by atoms with Crippen molar-refractivity contribution in [2.45, 2.75) is 13.2 Å². The Hall–Kier alpha value is -2.73. The van der Waals surface area contributed by atoms with Gasteiger partial charge in [0.2, 0.25) is 11.8 Å². The normalized spacial score (nSPS) is 14.6. The van der Waals surface area contributed by atoms with Crippen molar-refractivity contribution in [2.75, 3.05) is 26.2 Å². The number of hydrogen-bond acceptors (Lipinski definition) is 3. The van der Waals surface area contributed by atoms with Crippen LogP contribution in [0.15, 0.2) is 54.6 Å². The second-order valence-electron chi connectivity index (χ2n) is 6.20. The third kappa shape index (κ3) is 4.67. The van der Waals surface area contributed by atoms with Crippen LogP contribution in [0.4, 0.5) is 4.39 Å². The van der Waals surface area contributed by atoms with E-state index in [4.69, 9.17) is 4.74 Å². The molecule has 0 atom stereocenters. The Morgan fingerprint density at radius 3 is 2.50 bits per heavy atom. The van der Waals surface area contributed by atoms with E-state index >= 15 is 0 Å². The monoisotopic (exact) mass is 356 g/mol. The molecule has 1 heterocycles. The largest absolute Gasteiger partial charge is 0.367 e. The molecule has 1 saturated heterocycles. The highest BCUT2D eigenvalue weighted by molar-refractivity contribution is 5.86. The van der Waals surface area contributed by atoms with Crippen LogP contribution in [-0.4, -0.2) is 47.9 Å². The molecule has 1 aliphatic rings. The number of carbonyl (C=O) groups excluding carboxylic acids is 2. The van der Waals surface area contributed by atoms with E-state index in [0.29, 0.717) is 25.3 Å². The molecular formula is C20H21FN2O3. The first-order valence-corrected chi connectivity index (χ1v) is 8.54. The molecule has 3 rings (SSSR count). The third-order valence-electron chi connectivity index (χ3n) is 4.33. The number of hydrogen-bond donors (Lipinski definition) is 0. The minimum Gasteiger partial charge on any atom is -0.367 e. The topological polar surface area (TPSA) is 49.9 Å². The fourth-order valence-corrected chi connectivity index (χ4v) is 2.84. The second-order valence-corrected chi connectivity index (χ2v) is 6.20. The van der Waals surface area contributed by atoms with Crippen molar-refractivity contribution >= 4 is 11.8 Å². The van der Waals surface area contributed by atoms with Gasteiger partial charge in [0.1, 0.15) is 12.4 Å². The number of halogens is 1. The van der Waals surface area contributed by atoms with Gasteiger partial charge in [-0.25, -0.2) is 4.39 Å².